The Morgan fingerprint density at radius 3 is 2.70 bits per heavy atom. The zero-order chi connectivity index (χ0) is 14.3. The molecule has 0 saturated carbocycles. The smallest absolute Gasteiger partial charge is 0.263 e. The van der Waals surface area contributed by atoms with Gasteiger partial charge in [0.15, 0.2) is 0 Å². The molecule has 2 aromatic heterocycles. The summed E-state index contributed by atoms with van der Waals surface area (Å²) in [6.45, 7) is 4.48. The standard InChI is InChI=1S/C16H15NO2S/c1-3-17-15(19)13(11-7-5-4-6-10(11)2)14(18)12-8-9-20-16(12)17/h4-9,18H,3H2,1-2H3. The molecular weight excluding hydrogens is 270 g/mol. The maximum atomic E-state index is 12.7. The Hall–Kier alpha value is -2.07. The molecule has 0 atom stereocenters. The minimum absolute atomic E-state index is 0.0882. The van der Waals surface area contributed by atoms with Gasteiger partial charge in [-0.15, -0.1) is 11.3 Å². The third kappa shape index (κ3) is 1.76. The first-order chi connectivity index (χ1) is 9.65. The van der Waals surface area contributed by atoms with E-state index < -0.39 is 0 Å². The molecule has 0 saturated heterocycles. The second-order valence-corrected chi connectivity index (χ2v) is 5.62. The molecule has 0 spiro atoms. The van der Waals surface area contributed by atoms with E-state index in [4.69, 9.17) is 0 Å². The van der Waals surface area contributed by atoms with Gasteiger partial charge in [-0.3, -0.25) is 9.36 Å². The van der Waals surface area contributed by atoms with Crippen molar-refractivity contribution in [3.05, 3.63) is 51.6 Å². The maximum absolute atomic E-state index is 12.7. The van der Waals surface area contributed by atoms with E-state index in [9.17, 15) is 9.90 Å². The SMILES string of the molecule is CCn1c(=O)c(-c2ccccc2C)c(O)c2ccsc21. The topological polar surface area (TPSA) is 42.2 Å². The van der Waals surface area contributed by atoms with E-state index in [-0.39, 0.29) is 11.3 Å². The van der Waals surface area contributed by atoms with Crippen LogP contribution in [-0.4, -0.2) is 9.67 Å². The molecule has 4 heteroatoms. The fourth-order valence-corrected chi connectivity index (χ4v) is 3.50. The second-order valence-electron chi connectivity index (χ2n) is 4.73. The number of aryl methyl sites for hydroxylation is 2. The Labute approximate surface area is 120 Å². The van der Waals surface area contributed by atoms with E-state index in [2.05, 4.69) is 0 Å². The number of hydrogen-bond donors (Lipinski definition) is 1. The lowest BCUT2D eigenvalue weighted by molar-refractivity contribution is 0.481. The molecule has 2 heterocycles. The third-order valence-electron chi connectivity index (χ3n) is 3.57. The van der Waals surface area contributed by atoms with E-state index in [1.54, 1.807) is 4.57 Å². The number of thiophene rings is 1. The van der Waals surface area contributed by atoms with Gasteiger partial charge in [-0.25, -0.2) is 0 Å². The van der Waals surface area contributed by atoms with Crippen molar-refractivity contribution in [1.29, 1.82) is 0 Å². The van der Waals surface area contributed by atoms with Crippen LogP contribution in [0.15, 0.2) is 40.5 Å². The number of aromatic nitrogens is 1. The first kappa shape index (κ1) is 12.9. The molecule has 0 aliphatic carbocycles. The second kappa shape index (κ2) is 4.80. The molecular formula is C16H15NO2S. The summed E-state index contributed by atoms with van der Waals surface area (Å²) in [6, 6.07) is 9.50. The normalized spacial score (nSPS) is 11.1. The van der Waals surface area contributed by atoms with Gasteiger partial charge < -0.3 is 5.11 Å². The summed E-state index contributed by atoms with van der Waals surface area (Å²) in [5.41, 5.74) is 2.05. The summed E-state index contributed by atoms with van der Waals surface area (Å²) in [5, 5.41) is 13.2. The van der Waals surface area contributed by atoms with Gasteiger partial charge >= 0.3 is 0 Å². The average Bonchev–Trinajstić information content (AvgIpc) is 2.91. The van der Waals surface area contributed by atoms with Crippen molar-refractivity contribution >= 4 is 21.6 Å². The molecule has 20 heavy (non-hydrogen) atoms. The zero-order valence-corrected chi connectivity index (χ0v) is 12.2. The minimum Gasteiger partial charge on any atom is -0.506 e. The van der Waals surface area contributed by atoms with Gasteiger partial charge in [-0.05, 0) is 36.4 Å². The fourth-order valence-electron chi connectivity index (χ4n) is 2.54. The predicted octanol–water partition coefficient (Wildman–Crippen LogP) is 3.76. The van der Waals surface area contributed by atoms with Gasteiger partial charge in [0.1, 0.15) is 10.6 Å². The largest absolute Gasteiger partial charge is 0.506 e. The molecule has 3 aromatic rings. The summed E-state index contributed by atoms with van der Waals surface area (Å²) < 4.78 is 1.72. The van der Waals surface area contributed by atoms with Crippen LogP contribution in [0.2, 0.25) is 0 Å². The van der Waals surface area contributed by atoms with E-state index in [0.29, 0.717) is 12.1 Å². The van der Waals surface area contributed by atoms with E-state index >= 15 is 0 Å². The molecule has 0 aliphatic heterocycles. The first-order valence-corrected chi connectivity index (χ1v) is 7.42. The molecule has 0 bridgehead atoms. The van der Waals surface area contributed by atoms with E-state index in [1.165, 1.54) is 11.3 Å². The molecule has 3 nitrogen and oxygen atoms in total. The van der Waals surface area contributed by atoms with Crippen molar-refractivity contribution < 1.29 is 5.11 Å². The number of nitrogens with zero attached hydrogens (tertiary/aromatic N) is 1. The lowest BCUT2D eigenvalue weighted by atomic mass is 10.00. The molecule has 1 aromatic carbocycles. The summed E-state index contributed by atoms with van der Waals surface area (Å²) in [7, 11) is 0. The van der Waals surface area contributed by atoms with Crippen LogP contribution < -0.4 is 5.56 Å². The molecule has 0 amide bonds. The minimum atomic E-state index is -0.130. The Balaban J connectivity index is 2.48. The van der Waals surface area contributed by atoms with Gasteiger partial charge in [0, 0.05) is 6.54 Å². The molecule has 0 aliphatic rings. The number of rotatable bonds is 2. The monoisotopic (exact) mass is 285 g/mol. The van der Waals surface area contributed by atoms with E-state index in [1.807, 2.05) is 49.6 Å². The number of hydrogen-bond acceptors (Lipinski definition) is 3. The Morgan fingerprint density at radius 1 is 1.25 bits per heavy atom. The molecule has 0 radical (unpaired) electrons. The molecule has 0 fully saturated rings. The van der Waals surface area contributed by atoms with Crippen molar-refractivity contribution in [3.63, 3.8) is 0 Å². The first-order valence-electron chi connectivity index (χ1n) is 6.54. The lowest BCUT2D eigenvalue weighted by Gasteiger charge is -2.12. The van der Waals surface area contributed by atoms with Crippen molar-refractivity contribution in [2.45, 2.75) is 20.4 Å². The third-order valence-corrected chi connectivity index (χ3v) is 4.51. The Kier molecular flexibility index (Phi) is 3.10. The molecule has 1 N–H and O–H groups in total. The van der Waals surface area contributed by atoms with Gasteiger partial charge in [-0.2, -0.15) is 0 Å². The van der Waals surface area contributed by atoms with Crippen LogP contribution >= 0.6 is 11.3 Å². The van der Waals surface area contributed by atoms with Gasteiger partial charge in [0.25, 0.3) is 5.56 Å². The molecule has 0 unspecified atom stereocenters. The highest BCUT2D eigenvalue weighted by Gasteiger charge is 2.18. The van der Waals surface area contributed by atoms with Crippen LogP contribution in [0, 0.1) is 6.92 Å². The lowest BCUT2D eigenvalue weighted by Crippen LogP contribution is -2.21. The summed E-state index contributed by atoms with van der Waals surface area (Å²) in [6.07, 6.45) is 0. The number of pyridine rings is 1. The quantitative estimate of drug-likeness (QED) is 0.779. The number of benzene rings is 1. The van der Waals surface area contributed by atoms with Crippen LogP contribution in [0.25, 0.3) is 21.3 Å². The summed E-state index contributed by atoms with van der Waals surface area (Å²) in [4.78, 5) is 13.5. The van der Waals surface area contributed by atoms with Crippen LogP contribution in [0.1, 0.15) is 12.5 Å². The number of fused-ring (bicyclic) bond motifs is 1. The predicted molar refractivity (Wildman–Crippen MR) is 83.6 cm³/mol. The van der Waals surface area contributed by atoms with Gasteiger partial charge in [0.05, 0.1) is 10.9 Å². The van der Waals surface area contributed by atoms with Crippen molar-refractivity contribution in [2.75, 3.05) is 0 Å². The molecule has 102 valence electrons. The highest BCUT2D eigenvalue weighted by molar-refractivity contribution is 7.16. The van der Waals surface area contributed by atoms with Crippen LogP contribution in [0.3, 0.4) is 0 Å². The van der Waals surface area contributed by atoms with Gasteiger partial charge in [-0.1, -0.05) is 24.3 Å². The highest BCUT2D eigenvalue weighted by atomic mass is 32.1. The summed E-state index contributed by atoms with van der Waals surface area (Å²) in [5.74, 6) is 0.0882. The van der Waals surface area contributed by atoms with Crippen LogP contribution in [0.4, 0.5) is 0 Å². The van der Waals surface area contributed by atoms with Crippen LogP contribution in [0.5, 0.6) is 5.75 Å². The maximum Gasteiger partial charge on any atom is 0.263 e. The van der Waals surface area contributed by atoms with E-state index in [0.717, 1.165) is 21.3 Å². The molecule has 3 rings (SSSR count). The summed E-state index contributed by atoms with van der Waals surface area (Å²) >= 11 is 1.48. The van der Waals surface area contributed by atoms with Crippen molar-refractivity contribution in [3.8, 4) is 16.9 Å². The fraction of sp³-hybridized carbons (Fsp3) is 0.188. The number of aromatic hydroxyl groups is 1. The van der Waals surface area contributed by atoms with Crippen molar-refractivity contribution in [2.24, 2.45) is 0 Å². The van der Waals surface area contributed by atoms with Crippen LogP contribution in [-0.2, 0) is 6.54 Å². The van der Waals surface area contributed by atoms with Crippen molar-refractivity contribution in [1.82, 2.24) is 4.57 Å². The average molecular weight is 285 g/mol. The van der Waals surface area contributed by atoms with Gasteiger partial charge in [0.2, 0.25) is 0 Å². The Morgan fingerprint density at radius 2 is 2.00 bits per heavy atom. The zero-order valence-electron chi connectivity index (χ0n) is 11.4. The highest BCUT2D eigenvalue weighted by Crippen LogP contribution is 2.36. The Bertz CT molecular complexity index is 845.